The molecule has 0 fully saturated rings. The fourth-order valence-electron chi connectivity index (χ4n) is 4.04. The van der Waals surface area contributed by atoms with Crippen molar-refractivity contribution in [2.45, 2.75) is 51.4 Å². The molecule has 28 heavy (non-hydrogen) atoms. The monoisotopic (exact) mass is 379 g/mol. The van der Waals surface area contributed by atoms with E-state index in [1.807, 2.05) is 31.2 Å². The van der Waals surface area contributed by atoms with E-state index in [0.717, 1.165) is 30.4 Å². The van der Waals surface area contributed by atoms with Gasteiger partial charge < -0.3 is 10.5 Å². The molecule has 1 heterocycles. The number of fused-ring (bicyclic) bond motifs is 1. The lowest BCUT2D eigenvalue weighted by Crippen LogP contribution is -2.28. The van der Waals surface area contributed by atoms with Crippen molar-refractivity contribution in [3.05, 3.63) is 64.7 Å². The third-order valence-corrected chi connectivity index (χ3v) is 5.80. The molecular formula is C24H29NO3. The quantitative estimate of drug-likeness (QED) is 0.507. The topological polar surface area (TPSA) is 69.4 Å². The molecule has 0 amide bonds. The van der Waals surface area contributed by atoms with E-state index in [0.29, 0.717) is 42.9 Å². The van der Waals surface area contributed by atoms with E-state index < -0.39 is 0 Å². The van der Waals surface area contributed by atoms with Crippen molar-refractivity contribution < 1.29 is 14.3 Å². The summed E-state index contributed by atoms with van der Waals surface area (Å²) in [5, 5.41) is 0. The van der Waals surface area contributed by atoms with Crippen LogP contribution < -0.4 is 10.5 Å². The number of carbonyl (C=O) groups excluding carboxylic acids is 2. The summed E-state index contributed by atoms with van der Waals surface area (Å²) in [6.45, 7) is 5.03. The molecule has 0 saturated carbocycles. The fraction of sp³-hybridized carbons (Fsp3) is 0.417. The van der Waals surface area contributed by atoms with Crippen LogP contribution in [0.3, 0.4) is 0 Å². The van der Waals surface area contributed by atoms with E-state index in [1.165, 1.54) is 0 Å². The minimum atomic E-state index is -0.340. The third kappa shape index (κ3) is 3.61. The fourth-order valence-corrected chi connectivity index (χ4v) is 4.04. The molecule has 148 valence electrons. The van der Waals surface area contributed by atoms with Crippen LogP contribution in [-0.4, -0.2) is 24.7 Å². The molecule has 4 heteroatoms. The number of hydrogen-bond donors (Lipinski definition) is 1. The van der Waals surface area contributed by atoms with Crippen molar-refractivity contribution in [3.63, 3.8) is 0 Å². The van der Waals surface area contributed by atoms with Crippen LogP contribution in [0.5, 0.6) is 5.75 Å². The molecule has 0 aliphatic carbocycles. The van der Waals surface area contributed by atoms with Gasteiger partial charge in [-0.05, 0) is 43.5 Å². The van der Waals surface area contributed by atoms with Crippen molar-refractivity contribution in [1.82, 2.24) is 0 Å². The minimum Gasteiger partial charge on any atom is -0.491 e. The predicted octanol–water partition coefficient (Wildman–Crippen LogP) is 4.68. The Kier molecular flexibility index (Phi) is 6.30. The molecule has 1 atom stereocenters. The highest BCUT2D eigenvalue weighted by Gasteiger charge is 2.43. The molecule has 2 aromatic rings. The maximum atomic E-state index is 12.8. The molecule has 0 saturated heterocycles. The average molecular weight is 380 g/mol. The summed E-state index contributed by atoms with van der Waals surface area (Å²) in [5.74, 6) is 0.718. The standard InChI is InChI=1S/C24H29NO3/c1-3-21(26)19-14-17(22(27)12-8-9-13-25)15-20-23(19)28-16-24(20,4-2)18-10-6-5-7-11-18/h5-7,10-11,14-15H,3-4,8-9,12-13,16,25H2,1-2H3. The number of Topliss-reactive ketones (excluding diaryl/α,β-unsaturated/α-hetero) is 2. The molecule has 1 unspecified atom stereocenters. The molecule has 1 aliphatic rings. The summed E-state index contributed by atoms with van der Waals surface area (Å²) >= 11 is 0. The number of nitrogens with two attached hydrogens (primary N) is 1. The highest BCUT2D eigenvalue weighted by atomic mass is 16.5. The summed E-state index contributed by atoms with van der Waals surface area (Å²) in [6.07, 6.45) is 3.24. The van der Waals surface area contributed by atoms with Crippen molar-refractivity contribution >= 4 is 11.6 Å². The first-order valence-electron chi connectivity index (χ1n) is 10.2. The summed E-state index contributed by atoms with van der Waals surface area (Å²) in [7, 11) is 0. The van der Waals surface area contributed by atoms with Crippen LogP contribution in [-0.2, 0) is 5.41 Å². The molecule has 3 rings (SSSR count). The van der Waals surface area contributed by atoms with E-state index in [2.05, 4.69) is 19.1 Å². The number of ether oxygens (including phenoxy) is 1. The summed E-state index contributed by atoms with van der Waals surface area (Å²) in [4.78, 5) is 25.5. The van der Waals surface area contributed by atoms with Crippen LogP contribution in [0, 0.1) is 0 Å². The van der Waals surface area contributed by atoms with Gasteiger partial charge in [0.25, 0.3) is 0 Å². The van der Waals surface area contributed by atoms with E-state index in [-0.39, 0.29) is 17.0 Å². The predicted molar refractivity (Wildman–Crippen MR) is 111 cm³/mol. The van der Waals surface area contributed by atoms with Crippen LogP contribution in [0.1, 0.15) is 77.8 Å². The Bertz CT molecular complexity index is 860. The Morgan fingerprint density at radius 2 is 1.82 bits per heavy atom. The van der Waals surface area contributed by atoms with Crippen LogP contribution >= 0.6 is 0 Å². The van der Waals surface area contributed by atoms with Gasteiger partial charge in [0.05, 0.1) is 11.0 Å². The maximum absolute atomic E-state index is 12.8. The number of unbranched alkanes of at least 4 members (excludes halogenated alkanes) is 1. The van der Waals surface area contributed by atoms with E-state index >= 15 is 0 Å². The summed E-state index contributed by atoms with van der Waals surface area (Å²) in [6, 6.07) is 13.9. The first-order chi connectivity index (χ1) is 13.6. The van der Waals surface area contributed by atoms with Crippen LogP contribution in [0.25, 0.3) is 0 Å². The number of rotatable bonds is 9. The molecule has 2 aromatic carbocycles. The second-order valence-corrected chi connectivity index (χ2v) is 7.44. The van der Waals surface area contributed by atoms with E-state index in [4.69, 9.17) is 10.5 Å². The molecule has 0 radical (unpaired) electrons. The highest BCUT2D eigenvalue weighted by Crippen LogP contribution is 2.48. The molecular weight excluding hydrogens is 350 g/mol. The Balaban J connectivity index is 2.12. The van der Waals surface area contributed by atoms with Gasteiger partial charge in [-0.25, -0.2) is 0 Å². The zero-order chi connectivity index (χ0) is 20.1. The number of benzene rings is 2. The van der Waals surface area contributed by atoms with Crippen LogP contribution in [0.15, 0.2) is 42.5 Å². The number of hydrogen-bond acceptors (Lipinski definition) is 4. The SMILES string of the molecule is CCC(=O)c1cc(C(=O)CCCCN)cc2c1OCC2(CC)c1ccccc1. The Hall–Kier alpha value is -2.46. The second-order valence-electron chi connectivity index (χ2n) is 7.44. The Morgan fingerprint density at radius 1 is 1.07 bits per heavy atom. The van der Waals surface area contributed by atoms with Gasteiger partial charge >= 0.3 is 0 Å². The summed E-state index contributed by atoms with van der Waals surface area (Å²) < 4.78 is 6.10. The van der Waals surface area contributed by atoms with Gasteiger partial charge in [0.2, 0.25) is 0 Å². The molecule has 2 N–H and O–H groups in total. The van der Waals surface area contributed by atoms with E-state index in [9.17, 15) is 9.59 Å². The third-order valence-electron chi connectivity index (χ3n) is 5.80. The second kappa shape index (κ2) is 8.70. The smallest absolute Gasteiger partial charge is 0.166 e. The molecule has 0 spiro atoms. The zero-order valence-electron chi connectivity index (χ0n) is 16.8. The van der Waals surface area contributed by atoms with Crippen LogP contribution in [0.4, 0.5) is 0 Å². The molecule has 4 nitrogen and oxygen atoms in total. The van der Waals surface area contributed by atoms with Gasteiger partial charge in [-0.1, -0.05) is 44.2 Å². The number of carbonyl (C=O) groups is 2. The lowest BCUT2D eigenvalue weighted by molar-refractivity contribution is 0.0979. The molecule has 0 bridgehead atoms. The van der Waals surface area contributed by atoms with Gasteiger partial charge in [-0.3, -0.25) is 9.59 Å². The Morgan fingerprint density at radius 3 is 2.46 bits per heavy atom. The van der Waals surface area contributed by atoms with Gasteiger partial charge in [0.15, 0.2) is 11.6 Å². The van der Waals surface area contributed by atoms with Crippen molar-refractivity contribution in [2.24, 2.45) is 5.73 Å². The first kappa shape index (κ1) is 20.3. The average Bonchev–Trinajstić information content (AvgIpc) is 3.13. The van der Waals surface area contributed by atoms with Gasteiger partial charge in [0, 0.05) is 24.0 Å². The van der Waals surface area contributed by atoms with E-state index in [1.54, 1.807) is 6.07 Å². The highest BCUT2D eigenvalue weighted by molar-refractivity contribution is 6.04. The van der Waals surface area contributed by atoms with Gasteiger partial charge in [0.1, 0.15) is 12.4 Å². The van der Waals surface area contributed by atoms with Crippen molar-refractivity contribution in [2.75, 3.05) is 13.2 Å². The van der Waals surface area contributed by atoms with Gasteiger partial charge in [-0.2, -0.15) is 0 Å². The lowest BCUT2D eigenvalue weighted by Gasteiger charge is -2.27. The molecule has 1 aliphatic heterocycles. The zero-order valence-corrected chi connectivity index (χ0v) is 16.8. The van der Waals surface area contributed by atoms with Crippen molar-refractivity contribution in [3.8, 4) is 5.75 Å². The largest absolute Gasteiger partial charge is 0.491 e. The maximum Gasteiger partial charge on any atom is 0.166 e. The number of ketones is 2. The Labute approximate surface area is 167 Å². The lowest BCUT2D eigenvalue weighted by atomic mass is 9.73. The first-order valence-corrected chi connectivity index (χ1v) is 10.2. The minimum absolute atomic E-state index is 0.00724. The van der Waals surface area contributed by atoms with Crippen molar-refractivity contribution in [1.29, 1.82) is 0 Å². The molecule has 0 aromatic heterocycles. The summed E-state index contributed by atoms with van der Waals surface area (Å²) in [5.41, 5.74) is 8.47. The normalized spacial score (nSPS) is 17.8. The van der Waals surface area contributed by atoms with Gasteiger partial charge in [-0.15, -0.1) is 0 Å². The van der Waals surface area contributed by atoms with Crippen LogP contribution in [0.2, 0.25) is 0 Å².